The average Bonchev–Trinajstić information content (AvgIpc) is 2.96. The highest BCUT2D eigenvalue weighted by Gasteiger charge is 2.08. The molecule has 2 aromatic carbocycles. The van der Waals surface area contributed by atoms with Gasteiger partial charge in [0.25, 0.3) is 0 Å². The molecule has 120 valence electrons. The van der Waals surface area contributed by atoms with Crippen molar-refractivity contribution < 1.29 is 4.74 Å². The van der Waals surface area contributed by atoms with Gasteiger partial charge in [-0.2, -0.15) is 0 Å². The Hall–Kier alpha value is -2.26. The summed E-state index contributed by atoms with van der Waals surface area (Å²) in [5.74, 6) is 0.917. The fraction of sp³-hybridized carbons (Fsp3) is 0.300. The molecule has 0 fully saturated rings. The lowest BCUT2D eigenvalue weighted by Crippen LogP contribution is -2.18. The van der Waals surface area contributed by atoms with E-state index >= 15 is 0 Å². The van der Waals surface area contributed by atoms with E-state index < -0.39 is 0 Å². The molecule has 3 nitrogen and oxygen atoms in total. The van der Waals surface area contributed by atoms with Gasteiger partial charge in [0, 0.05) is 23.6 Å². The molecule has 1 N–H and O–H groups in total. The molecule has 0 unspecified atom stereocenters. The Kier molecular flexibility index (Phi) is 4.99. The van der Waals surface area contributed by atoms with Crippen LogP contribution in [-0.2, 0) is 13.2 Å². The quantitative estimate of drug-likeness (QED) is 0.691. The Labute approximate surface area is 137 Å². The normalized spacial score (nSPS) is 11.3. The fourth-order valence-corrected chi connectivity index (χ4v) is 2.87. The lowest BCUT2D eigenvalue weighted by molar-refractivity contribution is 0.306. The Bertz CT molecular complexity index is 749. The van der Waals surface area contributed by atoms with Gasteiger partial charge in [-0.05, 0) is 49.3 Å². The van der Waals surface area contributed by atoms with Gasteiger partial charge in [0.05, 0.1) is 0 Å². The van der Waals surface area contributed by atoms with E-state index in [9.17, 15) is 0 Å². The van der Waals surface area contributed by atoms with Gasteiger partial charge < -0.3 is 14.6 Å². The van der Waals surface area contributed by atoms with Crippen LogP contribution in [0.3, 0.4) is 0 Å². The summed E-state index contributed by atoms with van der Waals surface area (Å²) in [6, 6.07) is 16.5. The van der Waals surface area contributed by atoms with Gasteiger partial charge in [0.15, 0.2) is 0 Å². The number of hydrogen-bond donors (Lipinski definition) is 1. The number of benzene rings is 2. The number of rotatable bonds is 7. The Morgan fingerprint density at radius 3 is 2.70 bits per heavy atom. The van der Waals surface area contributed by atoms with Crippen LogP contribution < -0.4 is 4.74 Å². The molecule has 0 radical (unpaired) electrons. The smallest absolute Gasteiger partial charge is 0.120 e. The summed E-state index contributed by atoms with van der Waals surface area (Å²) in [6.07, 6.45) is 3.28. The van der Waals surface area contributed by atoms with Crippen molar-refractivity contribution in [2.24, 2.45) is 0 Å². The zero-order valence-electron chi connectivity index (χ0n) is 13.9. The number of hydrogen-bond acceptors (Lipinski definition) is 2. The van der Waals surface area contributed by atoms with Crippen LogP contribution in [0.25, 0.3) is 10.9 Å². The molecule has 0 saturated carbocycles. The first kappa shape index (κ1) is 15.6. The second-order valence-corrected chi connectivity index (χ2v) is 6.03. The summed E-state index contributed by atoms with van der Waals surface area (Å²) in [5, 5.41) is 1.25. The van der Waals surface area contributed by atoms with Crippen LogP contribution in [-0.4, -0.2) is 23.5 Å². The predicted molar refractivity (Wildman–Crippen MR) is 95.7 cm³/mol. The summed E-state index contributed by atoms with van der Waals surface area (Å²) in [4.78, 5) is 5.70. The maximum Gasteiger partial charge on any atom is 0.120 e. The molecule has 0 atom stereocenters. The van der Waals surface area contributed by atoms with Crippen LogP contribution in [0.4, 0.5) is 0 Å². The lowest BCUT2D eigenvalue weighted by atomic mass is 10.1. The Balaban J connectivity index is 1.75. The van der Waals surface area contributed by atoms with E-state index in [1.807, 2.05) is 24.3 Å². The SMILES string of the molecule is CCCN(C)Cc1c[nH]c2ccc(OCc3ccccc3)cc12. The van der Waals surface area contributed by atoms with Crippen molar-refractivity contribution in [2.45, 2.75) is 26.5 Å². The van der Waals surface area contributed by atoms with E-state index in [1.165, 1.54) is 22.9 Å². The largest absolute Gasteiger partial charge is 0.489 e. The number of aromatic amines is 1. The summed E-state index contributed by atoms with van der Waals surface area (Å²) in [7, 11) is 2.16. The molecule has 23 heavy (non-hydrogen) atoms. The third kappa shape index (κ3) is 3.93. The third-order valence-electron chi connectivity index (χ3n) is 4.03. The van der Waals surface area contributed by atoms with Gasteiger partial charge in [0.2, 0.25) is 0 Å². The van der Waals surface area contributed by atoms with Gasteiger partial charge in [-0.3, -0.25) is 0 Å². The molecule has 1 aromatic heterocycles. The average molecular weight is 308 g/mol. The molecule has 3 rings (SSSR count). The summed E-state index contributed by atoms with van der Waals surface area (Å²) >= 11 is 0. The van der Waals surface area contributed by atoms with E-state index in [2.05, 4.69) is 54.3 Å². The molecule has 3 aromatic rings. The minimum Gasteiger partial charge on any atom is -0.489 e. The van der Waals surface area contributed by atoms with E-state index in [1.54, 1.807) is 0 Å². The minimum absolute atomic E-state index is 0.599. The van der Waals surface area contributed by atoms with Crippen LogP contribution in [0.1, 0.15) is 24.5 Å². The zero-order valence-corrected chi connectivity index (χ0v) is 13.9. The zero-order chi connectivity index (χ0) is 16.1. The monoisotopic (exact) mass is 308 g/mol. The van der Waals surface area contributed by atoms with Gasteiger partial charge in [-0.15, -0.1) is 0 Å². The first-order valence-electron chi connectivity index (χ1n) is 8.21. The maximum absolute atomic E-state index is 5.95. The van der Waals surface area contributed by atoms with Crippen LogP contribution in [0.5, 0.6) is 5.75 Å². The number of ether oxygens (including phenoxy) is 1. The van der Waals surface area contributed by atoms with E-state index in [-0.39, 0.29) is 0 Å². The molecule has 0 aliphatic carbocycles. The second kappa shape index (κ2) is 7.34. The van der Waals surface area contributed by atoms with Crippen molar-refractivity contribution >= 4 is 10.9 Å². The molecule has 0 spiro atoms. The van der Waals surface area contributed by atoms with E-state index in [0.717, 1.165) is 24.4 Å². The van der Waals surface area contributed by atoms with E-state index in [0.29, 0.717) is 6.61 Å². The maximum atomic E-state index is 5.95. The molecule has 1 heterocycles. The molecule has 0 bridgehead atoms. The van der Waals surface area contributed by atoms with Crippen LogP contribution >= 0.6 is 0 Å². The van der Waals surface area contributed by atoms with Crippen molar-refractivity contribution in [1.82, 2.24) is 9.88 Å². The molecular formula is C20H24N2O. The van der Waals surface area contributed by atoms with Crippen molar-refractivity contribution in [3.8, 4) is 5.75 Å². The van der Waals surface area contributed by atoms with Crippen LogP contribution in [0.2, 0.25) is 0 Å². The number of aromatic nitrogens is 1. The first-order valence-corrected chi connectivity index (χ1v) is 8.21. The summed E-state index contributed by atoms with van der Waals surface area (Å²) < 4.78 is 5.95. The van der Waals surface area contributed by atoms with Crippen molar-refractivity contribution in [1.29, 1.82) is 0 Å². The second-order valence-electron chi connectivity index (χ2n) is 6.03. The van der Waals surface area contributed by atoms with Gasteiger partial charge in [-0.1, -0.05) is 37.3 Å². The number of nitrogens with one attached hydrogen (secondary N) is 1. The summed E-state index contributed by atoms with van der Waals surface area (Å²) in [6.45, 7) is 4.87. The summed E-state index contributed by atoms with van der Waals surface area (Å²) in [5.41, 5.74) is 3.67. The van der Waals surface area contributed by atoms with Gasteiger partial charge in [-0.25, -0.2) is 0 Å². The Morgan fingerprint density at radius 1 is 1.09 bits per heavy atom. The standard InChI is InChI=1S/C20H24N2O/c1-3-11-22(2)14-17-13-21-20-10-9-18(12-19(17)20)23-15-16-7-5-4-6-8-16/h4-10,12-13,21H,3,11,14-15H2,1-2H3. The minimum atomic E-state index is 0.599. The molecule has 0 aliphatic rings. The molecule has 0 amide bonds. The third-order valence-corrected chi connectivity index (χ3v) is 4.03. The van der Waals surface area contributed by atoms with Crippen LogP contribution in [0, 0.1) is 0 Å². The number of fused-ring (bicyclic) bond motifs is 1. The Morgan fingerprint density at radius 2 is 1.91 bits per heavy atom. The van der Waals surface area contributed by atoms with Crippen molar-refractivity contribution in [3.63, 3.8) is 0 Å². The number of nitrogens with zero attached hydrogens (tertiary/aromatic N) is 1. The molecule has 0 aliphatic heterocycles. The predicted octanol–water partition coefficient (Wildman–Crippen LogP) is 4.59. The fourth-order valence-electron chi connectivity index (χ4n) is 2.87. The number of H-pyrrole nitrogens is 1. The van der Waals surface area contributed by atoms with Crippen molar-refractivity contribution in [2.75, 3.05) is 13.6 Å². The molecule has 0 saturated heterocycles. The van der Waals surface area contributed by atoms with Gasteiger partial charge in [0.1, 0.15) is 12.4 Å². The highest BCUT2D eigenvalue weighted by Crippen LogP contribution is 2.25. The lowest BCUT2D eigenvalue weighted by Gasteiger charge is -2.14. The van der Waals surface area contributed by atoms with Gasteiger partial charge >= 0.3 is 0 Å². The topological polar surface area (TPSA) is 28.3 Å². The molecular weight excluding hydrogens is 284 g/mol. The molecule has 3 heteroatoms. The highest BCUT2D eigenvalue weighted by molar-refractivity contribution is 5.84. The highest BCUT2D eigenvalue weighted by atomic mass is 16.5. The van der Waals surface area contributed by atoms with Crippen LogP contribution in [0.15, 0.2) is 54.7 Å². The first-order chi connectivity index (χ1) is 11.3. The van der Waals surface area contributed by atoms with E-state index in [4.69, 9.17) is 4.74 Å². The van der Waals surface area contributed by atoms with Crippen molar-refractivity contribution in [3.05, 3.63) is 65.9 Å².